The van der Waals surface area contributed by atoms with Gasteiger partial charge in [0, 0.05) is 17.1 Å². The first-order valence-electron chi connectivity index (χ1n) is 10.5. The highest BCUT2D eigenvalue weighted by Crippen LogP contribution is 2.27. The number of hydrogen-bond acceptors (Lipinski definition) is 8. The van der Waals surface area contributed by atoms with Crippen LogP contribution < -0.4 is 20.2 Å². The molecule has 3 aromatic rings. The van der Waals surface area contributed by atoms with E-state index in [4.69, 9.17) is 9.47 Å². The van der Waals surface area contributed by atoms with E-state index in [-0.39, 0.29) is 18.3 Å². The number of ether oxygens (including phenoxy) is 2. The van der Waals surface area contributed by atoms with Gasteiger partial charge in [-0.15, -0.1) is 0 Å². The van der Waals surface area contributed by atoms with Crippen molar-refractivity contribution in [3.05, 3.63) is 71.3 Å². The van der Waals surface area contributed by atoms with Gasteiger partial charge in [0.25, 0.3) is 11.8 Å². The van der Waals surface area contributed by atoms with E-state index in [1.807, 2.05) is 19.9 Å². The van der Waals surface area contributed by atoms with Gasteiger partial charge in [0.2, 0.25) is 0 Å². The number of hydrogen-bond donors (Lipinski definition) is 2. The molecule has 0 unspecified atom stereocenters. The number of carbonyl (C=O) groups excluding carboxylic acids is 2. The van der Waals surface area contributed by atoms with Crippen LogP contribution in [0.15, 0.2) is 58.8 Å². The summed E-state index contributed by atoms with van der Waals surface area (Å²) in [4.78, 5) is 32.7. The molecule has 2 amide bonds. The van der Waals surface area contributed by atoms with Crippen LogP contribution in [0.3, 0.4) is 0 Å². The number of hydrazone groups is 1. The van der Waals surface area contributed by atoms with Gasteiger partial charge in [-0.2, -0.15) is 5.10 Å². The highest BCUT2D eigenvalue weighted by Gasteiger charge is 2.09. The van der Waals surface area contributed by atoms with Crippen LogP contribution >= 0.6 is 11.8 Å². The predicted octanol–water partition coefficient (Wildman–Crippen LogP) is 3.50. The molecular weight excluding hydrogens is 473 g/mol. The summed E-state index contributed by atoms with van der Waals surface area (Å²) in [6.07, 6.45) is 1.46. The Morgan fingerprint density at radius 3 is 2.43 bits per heavy atom. The van der Waals surface area contributed by atoms with Gasteiger partial charge in [-0.1, -0.05) is 11.8 Å². The van der Waals surface area contributed by atoms with E-state index in [0.29, 0.717) is 27.9 Å². The maximum absolute atomic E-state index is 13.0. The Morgan fingerprint density at radius 1 is 1.03 bits per heavy atom. The second kappa shape index (κ2) is 12.5. The number of nitrogens with one attached hydrogen (secondary N) is 2. The smallest absolute Gasteiger partial charge is 0.262 e. The summed E-state index contributed by atoms with van der Waals surface area (Å²) in [6.45, 7) is 3.48. The van der Waals surface area contributed by atoms with E-state index in [1.165, 1.54) is 49.4 Å². The molecule has 35 heavy (non-hydrogen) atoms. The Bertz CT molecular complexity index is 1200. The number of amides is 2. The van der Waals surface area contributed by atoms with Crippen molar-refractivity contribution in [2.45, 2.75) is 19.0 Å². The molecule has 2 aromatic carbocycles. The largest absolute Gasteiger partial charge is 0.493 e. The summed E-state index contributed by atoms with van der Waals surface area (Å²) in [6, 6.07) is 12.3. The molecule has 11 heteroatoms. The van der Waals surface area contributed by atoms with Crippen molar-refractivity contribution in [1.29, 1.82) is 0 Å². The Hall–Kier alpha value is -3.99. The summed E-state index contributed by atoms with van der Waals surface area (Å²) in [5.74, 6) is -0.233. The summed E-state index contributed by atoms with van der Waals surface area (Å²) in [5, 5.41) is 7.10. The maximum atomic E-state index is 13.0. The highest BCUT2D eigenvalue weighted by atomic mass is 32.2. The minimum absolute atomic E-state index is 0.121. The highest BCUT2D eigenvalue weighted by molar-refractivity contribution is 7.99. The molecule has 1 heterocycles. The molecule has 0 radical (unpaired) electrons. The minimum atomic E-state index is -0.406. The lowest BCUT2D eigenvalue weighted by molar-refractivity contribution is -0.119. The fraction of sp³-hybridized carbons (Fsp3) is 0.208. The predicted molar refractivity (Wildman–Crippen MR) is 131 cm³/mol. The van der Waals surface area contributed by atoms with Crippen molar-refractivity contribution in [2.24, 2.45) is 5.10 Å². The Labute approximate surface area is 206 Å². The molecule has 0 saturated heterocycles. The van der Waals surface area contributed by atoms with E-state index in [9.17, 15) is 14.0 Å². The van der Waals surface area contributed by atoms with Crippen LogP contribution in [0.2, 0.25) is 0 Å². The first-order chi connectivity index (χ1) is 16.8. The lowest BCUT2D eigenvalue weighted by atomic mass is 10.2. The number of carbonyl (C=O) groups is 2. The molecule has 0 aliphatic rings. The second-order valence-electron chi connectivity index (χ2n) is 7.27. The molecule has 0 spiro atoms. The summed E-state index contributed by atoms with van der Waals surface area (Å²) in [7, 11) is 1.47. The third-order valence-electron chi connectivity index (χ3n) is 4.37. The number of benzene rings is 2. The zero-order valence-corrected chi connectivity index (χ0v) is 20.2. The van der Waals surface area contributed by atoms with Gasteiger partial charge in [-0.3, -0.25) is 9.59 Å². The third-order valence-corrected chi connectivity index (χ3v) is 5.22. The number of rotatable bonds is 10. The van der Waals surface area contributed by atoms with Crippen molar-refractivity contribution >= 4 is 35.5 Å². The summed E-state index contributed by atoms with van der Waals surface area (Å²) >= 11 is 1.23. The van der Waals surface area contributed by atoms with Crippen molar-refractivity contribution in [3.63, 3.8) is 0 Å². The number of halogens is 1. The Morgan fingerprint density at radius 2 is 1.74 bits per heavy atom. The minimum Gasteiger partial charge on any atom is -0.493 e. The van der Waals surface area contributed by atoms with Gasteiger partial charge >= 0.3 is 0 Å². The zero-order valence-electron chi connectivity index (χ0n) is 19.4. The standard InChI is InChI=1S/C24H24FN5O4S/c1-15-10-16(2)28-24(27-15)35-14-23(32)30-26-12-17-4-9-20(21(11-17)33-3)34-13-22(31)29-19-7-5-18(25)6-8-19/h4-12H,13-14H2,1-3H3,(H,29,31)(H,30,32)/b26-12-. The lowest BCUT2D eigenvalue weighted by Gasteiger charge is -2.11. The molecule has 0 bridgehead atoms. The van der Waals surface area contributed by atoms with E-state index in [2.05, 4.69) is 25.8 Å². The average molecular weight is 498 g/mol. The van der Waals surface area contributed by atoms with Gasteiger partial charge in [-0.25, -0.2) is 19.8 Å². The Kier molecular flexibility index (Phi) is 9.13. The van der Waals surface area contributed by atoms with Gasteiger partial charge in [0.1, 0.15) is 5.82 Å². The zero-order chi connectivity index (χ0) is 25.2. The van der Waals surface area contributed by atoms with E-state index < -0.39 is 11.7 Å². The molecule has 0 aliphatic heterocycles. The van der Waals surface area contributed by atoms with Crippen LogP contribution in [-0.2, 0) is 9.59 Å². The average Bonchev–Trinajstić information content (AvgIpc) is 2.82. The Balaban J connectivity index is 1.49. The first kappa shape index (κ1) is 25.6. The molecule has 0 aliphatic carbocycles. The molecule has 0 fully saturated rings. The van der Waals surface area contributed by atoms with Crippen LogP contribution in [0, 0.1) is 19.7 Å². The quantitative estimate of drug-likeness (QED) is 0.191. The van der Waals surface area contributed by atoms with Gasteiger partial charge < -0.3 is 14.8 Å². The van der Waals surface area contributed by atoms with Crippen molar-refractivity contribution in [2.75, 3.05) is 24.8 Å². The van der Waals surface area contributed by atoms with Crippen molar-refractivity contribution in [3.8, 4) is 11.5 Å². The molecule has 3 rings (SSSR count). The normalized spacial score (nSPS) is 10.7. The number of anilines is 1. The molecule has 1 aromatic heterocycles. The van der Waals surface area contributed by atoms with Crippen molar-refractivity contribution < 1.29 is 23.5 Å². The van der Waals surface area contributed by atoms with Gasteiger partial charge in [0.05, 0.1) is 19.1 Å². The van der Waals surface area contributed by atoms with Crippen LogP contribution in [0.25, 0.3) is 0 Å². The molecule has 182 valence electrons. The topological polar surface area (TPSA) is 115 Å². The second-order valence-corrected chi connectivity index (χ2v) is 8.21. The molecule has 9 nitrogen and oxygen atoms in total. The van der Waals surface area contributed by atoms with E-state index in [1.54, 1.807) is 18.2 Å². The van der Waals surface area contributed by atoms with E-state index in [0.717, 1.165) is 11.4 Å². The maximum Gasteiger partial charge on any atom is 0.262 e. The lowest BCUT2D eigenvalue weighted by Crippen LogP contribution is -2.20. The fourth-order valence-corrected chi connectivity index (χ4v) is 3.60. The number of aryl methyl sites for hydroxylation is 2. The van der Waals surface area contributed by atoms with Gasteiger partial charge in [0.15, 0.2) is 23.3 Å². The number of methoxy groups -OCH3 is 1. The number of nitrogens with zero attached hydrogens (tertiary/aromatic N) is 3. The molecule has 0 saturated carbocycles. The van der Waals surface area contributed by atoms with Crippen LogP contribution in [-0.4, -0.2) is 47.5 Å². The molecule has 2 N–H and O–H groups in total. The molecule has 0 atom stereocenters. The fourth-order valence-electron chi connectivity index (χ4n) is 2.86. The number of aromatic nitrogens is 2. The molecular formula is C24H24FN5O4S. The van der Waals surface area contributed by atoms with E-state index >= 15 is 0 Å². The SMILES string of the molecule is COc1cc(/C=N\NC(=O)CSc2nc(C)cc(C)n2)ccc1OCC(=O)Nc1ccc(F)cc1. The van der Waals surface area contributed by atoms with Crippen LogP contribution in [0.1, 0.15) is 17.0 Å². The van der Waals surface area contributed by atoms with Crippen LogP contribution in [0.4, 0.5) is 10.1 Å². The monoisotopic (exact) mass is 497 g/mol. The van der Waals surface area contributed by atoms with Gasteiger partial charge in [-0.05, 0) is 67.9 Å². The third kappa shape index (κ3) is 8.38. The first-order valence-corrected chi connectivity index (χ1v) is 11.4. The van der Waals surface area contributed by atoms with Crippen LogP contribution in [0.5, 0.6) is 11.5 Å². The summed E-state index contributed by atoms with van der Waals surface area (Å²) < 4.78 is 23.8. The summed E-state index contributed by atoms with van der Waals surface area (Å²) in [5.41, 5.74) is 5.24. The number of thioether (sulfide) groups is 1. The van der Waals surface area contributed by atoms with Crippen molar-refractivity contribution in [1.82, 2.24) is 15.4 Å².